The van der Waals surface area contributed by atoms with Crippen molar-refractivity contribution in [2.24, 2.45) is 27.2 Å². The van der Waals surface area contributed by atoms with Gasteiger partial charge in [-0.1, -0.05) is 102 Å². The molecular weight excluding hydrogens is 440 g/mol. The van der Waals surface area contributed by atoms with Gasteiger partial charge in [0.05, 0.1) is 13.2 Å². The summed E-state index contributed by atoms with van der Waals surface area (Å²) in [7, 11) is 0. The molecule has 0 spiro atoms. The van der Waals surface area contributed by atoms with Crippen molar-refractivity contribution in [1.82, 2.24) is 0 Å². The number of carbonyl (C=O) groups excluding carboxylic acids is 2. The van der Waals surface area contributed by atoms with Crippen molar-refractivity contribution in [2.45, 2.75) is 53.6 Å². The second-order valence-electron chi connectivity index (χ2n) is 10.1. The summed E-state index contributed by atoms with van der Waals surface area (Å²) < 4.78 is 11.2. The Morgan fingerprint density at radius 3 is 1.37 bits per heavy atom. The highest BCUT2D eigenvalue weighted by Gasteiger charge is 2.29. The lowest BCUT2D eigenvalue weighted by molar-refractivity contribution is -0.155. The summed E-state index contributed by atoms with van der Waals surface area (Å²) >= 11 is 0. The van der Waals surface area contributed by atoms with E-state index in [1.54, 1.807) is 12.4 Å². The summed E-state index contributed by atoms with van der Waals surface area (Å²) in [5.41, 5.74) is 1.29. The fourth-order valence-electron chi connectivity index (χ4n) is 3.17. The van der Waals surface area contributed by atoms with Crippen LogP contribution in [0, 0.1) is 17.3 Å². The molecule has 2 aromatic rings. The largest absolute Gasteiger partial charge is 0.463 e. The Morgan fingerprint density at radius 2 is 1.06 bits per heavy atom. The van der Waals surface area contributed by atoms with Gasteiger partial charge in [0, 0.05) is 17.8 Å². The van der Waals surface area contributed by atoms with Crippen molar-refractivity contribution < 1.29 is 19.1 Å². The molecule has 0 fully saturated rings. The summed E-state index contributed by atoms with van der Waals surface area (Å²) in [6, 6.07) is 18.0. The number of ether oxygens (including phenoxy) is 2. The topological polar surface area (TPSA) is 77.3 Å². The Kier molecular flexibility index (Phi) is 10.8. The molecule has 2 aromatic carbocycles. The SMILES string of the molecule is CC(C)[C@H](N=Cc1ccccc1)C(=O)OCC(C)(C)COC(=O)[C@@H](N=Cc1ccccc1)C(C)C. The number of rotatable bonds is 12. The Morgan fingerprint density at radius 1 is 0.714 bits per heavy atom. The predicted molar refractivity (Wildman–Crippen MR) is 141 cm³/mol. The highest BCUT2D eigenvalue weighted by Crippen LogP contribution is 2.20. The van der Waals surface area contributed by atoms with Gasteiger partial charge in [0.15, 0.2) is 0 Å². The lowest BCUT2D eigenvalue weighted by Gasteiger charge is -2.26. The first-order valence-corrected chi connectivity index (χ1v) is 12.1. The monoisotopic (exact) mass is 478 g/mol. The van der Waals surface area contributed by atoms with Crippen LogP contribution in [-0.4, -0.2) is 49.7 Å². The number of nitrogens with zero attached hydrogens (tertiary/aromatic N) is 2. The molecule has 2 atom stereocenters. The van der Waals surface area contributed by atoms with Crippen molar-refractivity contribution >= 4 is 24.4 Å². The minimum absolute atomic E-state index is 0.0160. The standard InChI is InChI=1S/C29H38N2O4/c1-21(2)25(30-17-23-13-9-7-10-14-23)27(32)34-19-29(5,6)20-35-28(33)26(22(3)4)31-18-24-15-11-8-12-16-24/h7-18,21-22,25-26H,19-20H2,1-6H3/t25-,26-/m0/s1. The maximum Gasteiger partial charge on any atom is 0.331 e. The summed E-state index contributed by atoms with van der Waals surface area (Å²) in [5.74, 6) is -0.812. The number of carbonyl (C=O) groups is 2. The van der Waals surface area contributed by atoms with Crippen LogP contribution >= 0.6 is 0 Å². The molecule has 0 aliphatic heterocycles. The van der Waals surface area contributed by atoms with Crippen LogP contribution < -0.4 is 0 Å². The molecule has 188 valence electrons. The van der Waals surface area contributed by atoms with E-state index in [2.05, 4.69) is 9.98 Å². The fraction of sp³-hybridized carbons (Fsp3) is 0.448. The number of esters is 2. The van der Waals surface area contributed by atoms with E-state index in [1.165, 1.54) is 0 Å². The molecule has 0 bridgehead atoms. The Labute approximate surface area is 209 Å². The summed E-state index contributed by atoms with van der Waals surface area (Å²) in [4.78, 5) is 34.4. The number of hydrogen-bond acceptors (Lipinski definition) is 6. The lowest BCUT2D eigenvalue weighted by Crippen LogP contribution is -2.35. The van der Waals surface area contributed by atoms with Crippen LogP contribution in [0.3, 0.4) is 0 Å². The molecule has 2 rings (SSSR count). The van der Waals surface area contributed by atoms with Gasteiger partial charge in [-0.3, -0.25) is 9.98 Å². The molecule has 35 heavy (non-hydrogen) atoms. The second kappa shape index (κ2) is 13.6. The first-order chi connectivity index (χ1) is 16.6. The zero-order chi connectivity index (χ0) is 25.8. The third kappa shape index (κ3) is 9.85. The van der Waals surface area contributed by atoms with Crippen LogP contribution in [0.4, 0.5) is 0 Å². The minimum atomic E-state index is -0.605. The van der Waals surface area contributed by atoms with Crippen LogP contribution in [0.15, 0.2) is 70.6 Å². The lowest BCUT2D eigenvalue weighted by atomic mass is 9.96. The Balaban J connectivity index is 1.91. The van der Waals surface area contributed by atoms with E-state index in [-0.39, 0.29) is 37.0 Å². The highest BCUT2D eigenvalue weighted by molar-refractivity contribution is 5.85. The first kappa shape index (κ1) is 28.0. The smallest absolute Gasteiger partial charge is 0.331 e. The van der Waals surface area contributed by atoms with Gasteiger partial charge in [-0.05, 0) is 23.0 Å². The summed E-state index contributed by atoms with van der Waals surface area (Å²) in [5, 5.41) is 0. The van der Waals surface area contributed by atoms with Gasteiger partial charge < -0.3 is 9.47 Å². The van der Waals surface area contributed by atoms with Crippen LogP contribution in [0.25, 0.3) is 0 Å². The Bertz CT molecular complexity index is 903. The molecule has 0 heterocycles. The third-order valence-corrected chi connectivity index (χ3v) is 5.32. The molecule has 0 amide bonds. The van der Waals surface area contributed by atoms with Crippen LogP contribution in [0.2, 0.25) is 0 Å². The highest BCUT2D eigenvalue weighted by atomic mass is 16.5. The first-order valence-electron chi connectivity index (χ1n) is 12.1. The van der Waals surface area contributed by atoms with Crippen molar-refractivity contribution in [3.63, 3.8) is 0 Å². The van der Waals surface area contributed by atoms with Crippen LogP contribution in [0.5, 0.6) is 0 Å². The van der Waals surface area contributed by atoms with Crippen molar-refractivity contribution in [3.8, 4) is 0 Å². The van der Waals surface area contributed by atoms with E-state index in [0.29, 0.717) is 0 Å². The molecule has 0 aromatic heterocycles. The van der Waals surface area contributed by atoms with Gasteiger partial charge in [-0.25, -0.2) is 9.59 Å². The van der Waals surface area contributed by atoms with E-state index in [9.17, 15) is 9.59 Å². The van der Waals surface area contributed by atoms with Gasteiger partial charge in [0.2, 0.25) is 0 Å². The number of benzene rings is 2. The number of aliphatic imine (C=N–C) groups is 2. The quantitative estimate of drug-likeness (QED) is 0.303. The van der Waals surface area contributed by atoms with Crippen molar-refractivity contribution in [2.75, 3.05) is 13.2 Å². The van der Waals surface area contributed by atoms with Gasteiger partial charge in [-0.15, -0.1) is 0 Å². The molecule has 0 unspecified atom stereocenters. The molecular formula is C29H38N2O4. The maximum atomic E-state index is 12.7. The molecule has 0 aliphatic rings. The van der Waals surface area contributed by atoms with Gasteiger partial charge in [0.25, 0.3) is 0 Å². The van der Waals surface area contributed by atoms with E-state index < -0.39 is 17.5 Å². The summed E-state index contributed by atoms with van der Waals surface area (Å²) in [6.45, 7) is 11.7. The molecule has 0 saturated carbocycles. The number of hydrogen-bond donors (Lipinski definition) is 0. The normalized spacial score (nSPS) is 13.9. The zero-order valence-corrected chi connectivity index (χ0v) is 21.7. The average Bonchev–Trinajstić information content (AvgIpc) is 2.83. The fourth-order valence-corrected chi connectivity index (χ4v) is 3.17. The van der Waals surface area contributed by atoms with Crippen LogP contribution in [0.1, 0.15) is 52.7 Å². The third-order valence-electron chi connectivity index (χ3n) is 5.32. The van der Waals surface area contributed by atoms with Crippen LogP contribution in [-0.2, 0) is 19.1 Å². The second-order valence-corrected chi connectivity index (χ2v) is 10.1. The average molecular weight is 479 g/mol. The van der Waals surface area contributed by atoms with E-state index >= 15 is 0 Å². The summed E-state index contributed by atoms with van der Waals surface area (Å²) in [6.07, 6.45) is 3.39. The van der Waals surface area contributed by atoms with E-state index in [1.807, 2.05) is 102 Å². The van der Waals surface area contributed by atoms with Crippen molar-refractivity contribution in [1.29, 1.82) is 0 Å². The molecule has 0 aliphatic carbocycles. The van der Waals surface area contributed by atoms with E-state index in [0.717, 1.165) is 11.1 Å². The van der Waals surface area contributed by atoms with Crippen molar-refractivity contribution in [3.05, 3.63) is 71.8 Å². The Hall–Kier alpha value is -3.28. The van der Waals surface area contributed by atoms with Gasteiger partial charge in [0.1, 0.15) is 12.1 Å². The van der Waals surface area contributed by atoms with E-state index in [4.69, 9.17) is 9.47 Å². The molecule has 6 heteroatoms. The molecule has 0 N–H and O–H groups in total. The maximum absolute atomic E-state index is 12.7. The predicted octanol–water partition coefficient (Wildman–Crippen LogP) is 5.39. The molecule has 0 saturated heterocycles. The molecule has 0 radical (unpaired) electrons. The zero-order valence-electron chi connectivity index (χ0n) is 21.7. The minimum Gasteiger partial charge on any atom is -0.463 e. The van der Waals surface area contributed by atoms with Gasteiger partial charge in [-0.2, -0.15) is 0 Å². The molecule has 6 nitrogen and oxygen atoms in total. The van der Waals surface area contributed by atoms with Gasteiger partial charge >= 0.3 is 11.9 Å².